The molecular formula is C14H19NO4. The lowest BCUT2D eigenvalue weighted by molar-refractivity contribution is -0.137. The molecule has 3 N–H and O–H groups in total. The number of aliphatic carboxylic acids is 1. The summed E-state index contributed by atoms with van der Waals surface area (Å²) < 4.78 is 0. The molecule has 0 unspecified atom stereocenters. The molecule has 1 aromatic carbocycles. The van der Waals surface area contributed by atoms with E-state index in [2.05, 4.69) is 5.32 Å². The lowest BCUT2D eigenvalue weighted by Gasteiger charge is -2.05. The van der Waals surface area contributed by atoms with Crippen molar-refractivity contribution in [3.8, 4) is 5.75 Å². The van der Waals surface area contributed by atoms with Gasteiger partial charge in [0.05, 0.1) is 6.42 Å². The van der Waals surface area contributed by atoms with Gasteiger partial charge in [-0.3, -0.25) is 9.59 Å². The van der Waals surface area contributed by atoms with Gasteiger partial charge in [0, 0.05) is 13.0 Å². The summed E-state index contributed by atoms with van der Waals surface area (Å²) in [7, 11) is 0. The van der Waals surface area contributed by atoms with Crippen molar-refractivity contribution in [3.05, 3.63) is 29.8 Å². The molecule has 0 fully saturated rings. The number of carboxylic acids is 1. The van der Waals surface area contributed by atoms with Crippen LogP contribution in [-0.4, -0.2) is 28.6 Å². The van der Waals surface area contributed by atoms with Gasteiger partial charge < -0.3 is 15.5 Å². The van der Waals surface area contributed by atoms with E-state index in [9.17, 15) is 9.59 Å². The molecule has 1 aromatic rings. The largest absolute Gasteiger partial charge is 0.508 e. The van der Waals surface area contributed by atoms with Crippen LogP contribution in [0.3, 0.4) is 0 Å². The van der Waals surface area contributed by atoms with E-state index in [1.165, 1.54) is 0 Å². The maximum Gasteiger partial charge on any atom is 0.303 e. The SMILES string of the molecule is O=C(O)CCCCCNC(=O)Cc1ccc(O)cc1. The Labute approximate surface area is 112 Å². The zero-order chi connectivity index (χ0) is 14.1. The molecule has 5 heteroatoms. The van der Waals surface area contributed by atoms with Crippen LogP contribution < -0.4 is 5.32 Å². The van der Waals surface area contributed by atoms with Crippen LogP contribution in [-0.2, 0) is 16.0 Å². The summed E-state index contributed by atoms with van der Waals surface area (Å²) in [6, 6.07) is 6.52. The first-order chi connectivity index (χ1) is 9.08. The van der Waals surface area contributed by atoms with Gasteiger partial charge in [-0.25, -0.2) is 0 Å². The summed E-state index contributed by atoms with van der Waals surface area (Å²) in [5.41, 5.74) is 0.848. The van der Waals surface area contributed by atoms with Crippen molar-refractivity contribution in [3.63, 3.8) is 0 Å². The molecule has 19 heavy (non-hydrogen) atoms. The first-order valence-corrected chi connectivity index (χ1v) is 6.34. The number of phenols is 1. The van der Waals surface area contributed by atoms with Crippen LogP contribution in [0.4, 0.5) is 0 Å². The van der Waals surface area contributed by atoms with Gasteiger partial charge in [-0.15, -0.1) is 0 Å². The Morgan fingerprint density at radius 3 is 2.37 bits per heavy atom. The van der Waals surface area contributed by atoms with Crippen LogP contribution in [0, 0.1) is 0 Å². The summed E-state index contributed by atoms with van der Waals surface area (Å²) in [6.45, 7) is 0.566. The molecule has 104 valence electrons. The van der Waals surface area contributed by atoms with Gasteiger partial charge in [0.15, 0.2) is 0 Å². The van der Waals surface area contributed by atoms with E-state index in [4.69, 9.17) is 10.2 Å². The number of hydrogen-bond donors (Lipinski definition) is 3. The lowest BCUT2D eigenvalue weighted by Crippen LogP contribution is -2.26. The van der Waals surface area contributed by atoms with Gasteiger partial charge in [0.25, 0.3) is 0 Å². The zero-order valence-corrected chi connectivity index (χ0v) is 10.8. The van der Waals surface area contributed by atoms with E-state index in [-0.39, 0.29) is 24.5 Å². The standard InChI is InChI=1S/C14H19NO4/c16-12-7-5-11(6-8-12)10-13(17)15-9-3-1-2-4-14(18)19/h5-8,16H,1-4,9-10H2,(H,15,17)(H,18,19). The van der Waals surface area contributed by atoms with Crippen molar-refractivity contribution in [2.75, 3.05) is 6.54 Å². The minimum Gasteiger partial charge on any atom is -0.508 e. The Bertz CT molecular complexity index is 414. The molecule has 0 saturated carbocycles. The third kappa shape index (κ3) is 7.08. The van der Waals surface area contributed by atoms with E-state index >= 15 is 0 Å². The number of rotatable bonds is 8. The minimum atomic E-state index is -0.781. The van der Waals surface area contributed by atoms with Gasteiger partial charge in [-0.1, -0.05) is 18.6 Å². The monoisotopic (exact) mass is 265 g/mol. The molecule has 1 rings (SSSR count). The fourth-order valence-electron chi connectivity index (χ4n) is 1.67. The molecule has 0 aliphatic heterocycles. The summed E-state index contributed by atoms with van der Waals surface area (Å²) in [5, 5.41) is 20.4. The van der Waals surface area contributed by atoms with E-state index in [1.807, 2.05) is 0 Å². The van der Waals surface area contributed by atoms with Crippen LogP contribution in [0.15, 0.2) is 24.3 Å². The second kappa shape index (κ2) is 8.13. The smallest absolute Gasteiger partial charge is 0.303 e. The third-order valence-electron chi connectivity index (χ3n) is 2.69. The normalized spacial score (nSPS) is 10.1. The Balaban J connectivity index is 2.11. The fraction of sp³-hybridized carbons (Fsp3) is 0.429. The van der Waals surface area contributed by atoms with Gasteiger partial charge in [-0.2, -0.15) is 0 Å². The Hall–Kier alpha value is -2.04. The number of nitrogens with one attached hydrogen (secondary N) is 1. The van der Waals surface area contributed by atoms with E-state index < -0.39 is 5.97 Å². The first kappa shape index (κ1) is 15.0. The van der Waals surface area contributed by atoms with Crippen molar-refractivity contribution in [1.29, 1.82) is 0 Å². The van der Waals surface area contributed by atoms with Gasteiger partial charge in [0.2, 0.25) is 5.91 Å². The van der Waals surface area contributed by atoms with Crippen molar-refractivity contribution in [2.45, 2.75) is 32.1 Å². The average molecular weight is 265 g/mol. The van der Waals surface area contributed by atoms with E-state index in [0.29, 0.717) is 13.0 Å². The molecule has 0 saturated heterocycles. The zero-order valence-electron chi connectivity index (χ0n) is 10.8. The van der Waals surface area contributed by atoms with Crippen LogP contribution in [0.2, 0.25) is 0 Å². The van der Waals surface area contributed by atoms with Crippen LogP contribution >= 0.6 is 0 Å². The Morgan fingerprint density at radius 1 is 1.05 bits per heavy atom. The highest BCUT2D eigenvalue weighted by atomic mass is 16.4. The van der Waals surface area contributed by atoms with Crippen molar-refractivity contribution in [2.24, 2.45) is 0 Å². The van der Waals surface area contributed by atoms with E-state index in [1.54, 1.807) is 24.3 Å². The highest BCUT2D eigenvalue weighted by molar-refractivity contribution is 5.78. The highest BCUT2D eigenvalue weighted by Crippen LogP contribution is 2.09. The predicted molar refractivity (Wildman–Crippen MR) is 70.9 cm³/mol. The number of phenolic OH excluding ortho intramolecular Hbond substituents is 1. The molecule has 0 aromatic heterocycles. The second-order valence-electron chi connectivity index (χ2n) is 4.40. The van der Waals surface area contributed by atoms with Gasteiger partial charge >= 0.3 is 5.97 Å². The number of carboxylic acid groups (broad SMARTS) is 1. The summed E-state index contributed by atoms with van der Waals surface area (Å²) in [6.07, 6.45) is 2.69. The molecule has 0 atom stereocenters. The lowest BCUT2D eigenvalue weighted by atomic mass is 10.1. The number of amides is 1. The number of benzene rings is 1. The summed E-state index contributed by atoms with van der Waals surface area (Å²) >= 11 is 0. The second-order valence-corrected chi connectivity index (χ2v) is 4.40. The summed E-state index contributed by atoms with van der Waals surface area (Å²) in [4.78, 5) is 21.9. The number of unbranched alkanes of at least 4 members (excludes halogenated alkanes) is 2. The van der Waals surface area contributed by atoms with Crippen molar-refractivity contribution in [1.82, 2.24) is 5.32 Å². The van der Waals surface area contributed by atoms with Crippen molar-refractivity contribution < 1.29 is 19.8 Å². The predicted octanol–water partition coefficient (Wildman–Crippen LogP) is 1.70. The van der Waals surface area contributed by atoms with Crippen LogP contribution in [0.1, 0.15) is 31.2 Å². The van der Waals surface area contributed by atoms with Crippen LogP contribution in [0.5, 0.6) is 5.75 Å². The minimum absolute atomic E-state index is 0.0658. The molecular weight excluding hydrogens is 246 g/mol. The third-order valence-corrected chi connectivity index (χ3v) is 2.69. The van der Waals surface area contributed by atoms with Crippen molar-refractivity contribution >= 4 is 11.9 Å². The van der Waals surface area contributed by atoms with E-state index in [0.717, 1.165) is 18.4 Å². The number of aromatic hydroxyl groups is 1. The van der Waals surface area contributed by atoms with Gasteiger partial charge in [0.1, 0.15) is 5.75 Å². The maximum absolute atomic E-state index is 11.6. The highest BCUT2D eigenvalue weighted by Gasteiger charge is 2.03. The first-order valence-electron chi connectivity index (χ1n) is 6.34. The molecule has 1 amide bonds. The molecule has 0 radical (unpaired) electrons. The average Bonchev–Trinajstić information content (AvgIpc) is 2.36. The topological polar surface area (TPSA) is 86.6 Å². The molecule has 0 aliphatic carbocycles. The molecule has 0 spiro atoms. The number of carbonyl (C=O) groups is 2. The fourth-order valence-corrected chi connectivity index (χ4v) is 1.67. The molecule has 5 nitrogen and oxygen atoms in total. The number of hydrogen-bond acceptors (Lipinski definition) is 3. The molecule has 0 heterocycles. The quantitative estimate of drug-likeness (QED) is 0.624. The maximum atomic E-state index is 11.6. The molecule has 0 aliphatic rings. The van der Waals surface area contributed by atoms with Crippen LogP contribution in [0.25, 0.3) is 0 Å². The van der Waals surface area contributed by atoms with Gasteiger partial charge in [-0.05, 0) is 30.5 Å². The Morgan fingerprint density at radius 2 is 1.74 bits per heavy atom. The number of carbonyl (C=O) groups excluding carboxylic acids is 1. The summed E-state index contributed by atoms with van der Waals surface area (Å²) in [5.74, 6) is -0.664. The molecule has 0 bridgehead atoms. The Kier molecular flexibility index (Phi) is 6.43.